The molecule has 0 saturated heterocycles. The highest BCUT2D eigenvalue weighted by atomic mass is 32.2. The van der Waals surface area contributed by atoms with Crippen molar-refractivity contribution in [3.8, 4) is 17.0 Å². The highest BCUT2D eigenvalue weighted by molar-refractivity contribution is 7.90. The second-order valence-electron chi connectivity index (χ2n) is 7.00. The van der Waals surface area contributed by atoms with Crippen LogP contribution in [-0.2, 0) is 29.4 Å². The molecule has 0 bridgehead atoms. The number of aryl methyl sites for hydroxylation is 1. The molecule has 0 fully saturated rings. The summed E-state index contributed by atoms with van der Waals surface area (Å²) in [5.74, 6) is 0.631. The Labute approximate surface area is 166 Å². The molecule has 1 N–H and O–H groups in total. The first-order valence-electron chi connectivity index (χ1n) is 9.42. The average Bonchev–Trinajstić information content (AvgIpc) is 2.96. The van der Waals surface area contributed by atoms with Gasteiger partial charge in [0.1, 0.15) is 5.75 Å². The van der Waals surface area contributed by atoms with Crippen LogP contribution in [0.4, 0.5) is 0 Å². The second kappa shape index (κ2) is 7.45. The molecule has 6 heteroatoms. The third-order valence-electron chi connectivity index (χ3n) is 5.30. The number of methoxy groups -OCH3 is 1. The molecule has 0 atom stereocenters. The van der Waals surface area contributed by atoms with E-state index in [9.17, 15) is 8.42 Å². The molecule has 1 aromatic heterocycles. The number of nitrogens with zero attached hydrogens (tertiary/aromatic N) is 1. The minimum atomic E-state index is -3.73. The molecule has 0 spiro atoms. The summed E-state index contributed by atoms with van der Waals surface area (Å²) in [6.07, 6.45) is 4.61. The number of ether oxygens (including phenoxy) is 1. The molecule has 0 saturated carbocycles. The van der Waals surface area contributed by atoms with Gasteiger partial charge in [0.25, 0.3) is 10.0 Å². The summed E-state index contributed by atoms with van der Waals surface area (Å²) in [6.45, 7) is 0.635. The molecule has 1 heterocycles. The first kappa shape index (κ1) is 18.8. The van der Waals surface area contributed by atoms with Crippen LogP contribution >= 0.6 is 0 Å². The van der Waals surface area contributed by atoms with E-state index in [0.29, 0.717) is 12.3 Å². The van der Waals surface area contributed by atoms with Gasteiger partial charge in [-0.15, -0.1) is 0 Å². The number of rotatable bonds is 5. The minimum absolute atomic E-state index is 0.254. The predicted octanol–water partition coefficient (Wildman–Crippen LogP) is 3.61. The van der Waals surface area contributed by atoms with Crippen LogP contribution in [-0.4, -0.2) is 26.5 Å². The molecule has 146 valence electrons. The molecule has 0 unspecified atom stereocenters. The second-order valence-corrected chi connectivity index (χ2v) is 8.81. The molecule has 1 aliphatic rings. The average molecular weight is 397 g/mol. The van der Waals surface area contributed by atoms with Crippen molar-refractivity contribution < 1.29 is 13.2 Å². The Morgan fingerprint density at radius 2 is 1.82 bits per heavy atom. The molecule has 4 rings (SSSR count). The SMILES string of the molecule is CNCc1cn(S(=O)(=O)c2ccc(OC)cc2)c2c1CCCc1ccccc1-2. The van der Waals surface area contributed by atoms with Crippen LogP contribution in [0.2, 0.25) is 0 Å². The number of nitrogens with one attached hydrogen (secondary N) is 1. The molecule has 2 aromatic carbocycles. The van der Waals surface area contributed by atoms with Gasteiger partial charge >= 0.3 is 0 Å². The van der Waals surface area contributed by atoms with Gasteiger partial charge in [-0.05, 0) is 67.3 Å². The summed E-state index contributed by atoms with van der Waals surface area (Å²) in [4.78, 5) is 0.254. The van der Waals surface area contributed by atoms with Crippen LogP contribution in [0.1, 0.15) is 23.1 Å². The van der Waals surface area contributed by atoms with Crippen LogP contribution in [0.3, 0.4) is 0 Å². The zero-order valence-electron chi connectivity index (χ0n) is 16.1. The van der Waals surface area contributed by atoms with Crippen molar-refractivity contribution in [2.45, 2.75) is 30.7 Å². The van der Waals surface area contributed by atoms with Gasteiger partial charge < -0.3 is 10.1 Å². The van der Waals surface area contributed by atoms with Crippen LogP contribution in [0.25, 0.3) is 11.3 Å². The Bertz CT molecular complexity index is 1100. The Morgan fingerprint density at radius 1 is 1.07 bits per heavy atom. The van der Waals surface area contributed by atoms with Gasteiger partial charge in [-0.1, -0.05) is 24.3 Å². The zero-order chi connectivity index (χ0) is 19.7. The van der Waals surface area contributed by atoms with E-state index in [2.05, 4.69) is 11.4 Å². The molecule has 1 aliphatic carbocycles. The fourth-order valence-corrected chi connectivity index (χ4v) is 5.37. The van der Waals surface area contributed by atoms with E-state index in [4.69, 9.17) is 4.74 Å². The Morgan fingerprint density at radius 3 is 2.54 bits per heavy atom. The van der Waals surface area contributed by atoms with Gasteiger partial charge in [-0.3, -0.25) is 0 Å². The van der Waals surface area contributed by atoms with Crippen molar-refractivity contribution in [3.05, 3.63) is 71.4 Å². The van der Waals surface area contributed by atoms with Gasteiger partial charge in [-0.2, -0.15) is 0 Å². The maximum atomic E-state index is 13.5. The Hall–Kier alpha value is -2.57. The standard InChI is InChI=1S/C22H24N2O3S/c1-23-14-17-15-24(28(25,26)19-12-10-18(27-2)11-13-19)22-20-8-4-3-6-16(20)7-5-9-21(17)22/h3-4,6,8,10-13,15,23H,5,7,9,14H2,1-2H3. The van der Waals surface area contributed by atoms with Crippen LogP contribution < -0.4 is 10.1 Å². The molecule has 0 radical (unpaired) electrons. The van der Waals surface area contributed by atoms with Crippen molar-refractivity contribution in [1.82, 2.24) is 9.29 Å². The summed E-state index contributed by atoms with van der Waals surface area (Å²) in [5, 5.41) is 3.17. The predicted molar refractivity (Wildman–Crippen MR) is 110 cm³/mol. The van der Waals surface area contributed by atoms with Gasteiger partial charge in [0, 0.05) is 18.3 Å². The molecular weight excluding hydrogens is 372 g/mol. The fourth-order valence-electron chi connectivity index (χ4n) is 3.95. The van der Waals surface area contributed by atoms with Gasteiger partial charge in [0.2, 0.25) is 0 Å². The fraction of sp³-hybridized carbons (Fsp3) is 0.273. The van der Waals surface area contributed by atoms with Gasteiger partial charge in [0.15, 0.2) is 0 Å². The largest absolute Gasteiger partial charge is 0.497 e. The van der Waals surface area contributed by atoms with Crippen LogP contribution in [0.5, 0.6) is 5.75 Å². The van der Waals surface area contributed by atoms with E-state index in [-0.39, 0.29) is 4.90 Å². The Balaban J connectivity index is 1.95. The number of hydrogen-bond donors (Lipinski definition) is 1. The number of benzene rings is 2. The molecule has 0 aliphatic heterocycles. The van der Waals surface area contributed by atoms with Crippen molar-refractivity contribution in [2.75, 3.05) is 14.2 Å². The van der Waals surface area contributed by atoms with Gasteiger partial charge in [-0.25, -0.2) is 12.4 Å². The molecule has 0 amide bonds. The van der Waals surface area contributed by atoms with Crippen molar-refractivity contribution in [2.24, 2.45) is 0 Å². The third-order valence-corrected chi connectivity index (χ3v) is 6.97. The van der Waals surface area contributed by atoms with E-state index >= 15 is 0 Å². The van der Waals surface area contributed by atoms with Crippen LogP contribution in [0, 0.1) is 0 Å². The lowest BCUT2D eigenvalue weighted by atomic mass is 10.0. The first-order valence-corrected chi connectivity index (χ1v) is 10.9. The first-order chi connectivity index (χ1) is 13.6. The monoisotopic (exact) mass is 396 g/mol. The normalized spacial score (nSPS) is 13.5. The number of hydrogen-bond acceptors (Lipinski definition) is 4. The topological polar surface area (TPSA) is 60.3 Å². The van der Waals surface area contributed by atoms with Gasteiger partial charge in [0.05, 0.1) is 17.7 Å². The highest BCUT2D eigenvalue weighted by Crippen LogP contribution is 2.37. The lowest BCUT2D eigenvalue weighted by Crippen LogP contribution is -2.14. The van der Waals surface area contributed by atoms with Crippen LogP contribution in [0.15, 0.2) is 59.6 Å². The van der Waals surface area contributed by atoms with E-state index in [1.807, 2.05) is 25.2 Å². The molecule has 28 heavy (non-hydrogen) atoms. The number of fused-ring (bicyclic) bond motifs is 3. The zero-order valence-corrected chi connectivity index (χ0v) is 16.9. The molecule has 5 nitrogen and oxygen atoms in total. The lowest BCUT2D eigenvalue weighted by molar-refractivity contribution is 0.414. The quantitative estimate of drug-likeness (QED) is 0.716. The number of aromatic nitrogens is 1. The minimum Gasteiger partial charge on any atom is -0.497 e. The molecular formula is C22H24N2O3S. The summed E-state index contributed by atoms with van der Waals surface area (Å²) in [7, 11) is -0.281. The van der Waals surface area contributed by atoms with Crippen molar-refractivity contribution in [1.29, 1.82) is 0 Å². The highest BCUT2D eigenvalue weighted by Gasteiger charge is 2.28. The van der Waals surface area contributed by atoms with E-state index in [1.54, 1.807) is 37.6 Å². The smallest absolute Gasteiger partial charge is 0.268 e. The lowest BCUT2D eigenvalue weighted by Gasteiger charge is -2.14. The van der Waals surface area contributed by atoms with E-state index in [0.717, 1.165) is 41.6 Å². The maximum absolute atomic E-state index is 13.5. The van der Waals surface area contributed by atoms with Crippen molar-refractivity contribution in [3.63, 3.8) is 0 Å². The summed E-state index contributed by atoms with van der Waals surface area (Å²) >= 11 is 0. The van der Waals surface area contributed by atoms with E-state index in [1.165, 1.54) is 9.54 Å². The van der Waals surface area contributed by atoms with Crippen molar-refractivity contribution >= 4 is 10.0 Å². The summed E-state index contributed by atoms with van der Waals surface area (Å²) < 4.78 is 33.7. The maximum Gasteiger partial charge on any atom is 0.268 e. The summed E-state index contributed by atoms with van der Waals surface area (Å²) in [6, 6.07) is 14.7. The summed E-state index contributed by atoms with van der Waals surface area (Å²) in [5.41, 5.74) is 5.16. The molecule has 3 aromatic rings. The third kappa shape index (κ3) is 3.12. The van der Waals surface area contributed by atoms with E-state index < -0.39 is 10.0 Å². The Kier molecular flexibility index (Phi) is 5.00.